The Morgan fingerprint density at radius 1 is 1.50 bits per heavy atom. The average Bonchev–Trinajstić information content (AvgIpc) is 2.63. The molecule has 1 aliphatic rings. The number of anilines is 2. The summed E-state index contributed by atoms with van der Waals surface area (Å²) in [6, 6.07) is 5.47. The molecule has 0 heterocycles. The van der Waals surface area contributed by atoms with Crippen molar-refractivity contribution in [1.82, 2.24) is 0 Å². The average molecular weight is 311 g/mol. The van der Waals surface area contributed by atoms with Crippen molar-refractivity contribution in [3.05, 3.63) is 22.7 Å². The summed E-state index contributed by atoms with van der Waals surface area (Å²) in [4.78, 5) is 12.3. The number of carbonyl (C=O) groups is 1. The van der Waals surface area contributed by atoms with Gasteiger partial charge in [-0.1, -0.05) is 20.3 Å². The molecule has 0 aromatic heterocycles. The summed E-state index contributed by atoms with van der Waals surface area (Å²) < 4.78 is 0.811. The molecule has 1 aromatic carbocycles. The Kier molecular flexibility index (Phi) is 3.66. The van der Waals surface area contributed by atoms with Crippen molar-refractivity contribution in [1.29, 1.82) is 0 Å². The third kappa shape index (κ3) is 2.69. The Morgan fingerprint density at radius 2 is 2.22 bits per heavy atom. The van der Waals surface area contributed by atoms with Crippen LogP contribution in [0, 0.1) is 11.3 Å². The fourth-order valence-electron chi connectivity index (χ4n) is 2.65. The minimum Gasteiger partial charge on any atom is -0.398 e. The van der Waals surface area contributed by atoms with Gasteiger partial charge in [0.2, 0.25) is 5.91 Å². The van der Waals surface area contributed by atoms with Crippen LogP contribution in [0.4, 0.5) is 11.4 Å². The van der Waals surface area contributed by atoms with Crippen molar-refractivity contribution in [3.63, 3.8) is 0 Å². The molecule has 1 amide bonds. The molecule has 1 aromatic rings. The van der Waals surface area contributed by atoms with Gasteiger partial charge in [-0.15, -0.1) is 0 Å². The van der Waals surface area contributed by atoms with Gasteiger partial charge in [-0.25, -0.2) is 0 Å². The van der Waals surface area contributed by atoms with Gasteiger partial charge in [0.1, 0.15) is 0 Å². The molecule has 0 bridgehead atoms. The topological polar surface area (TPSA) is 55.1 Å². The number of nitrogen functional groups attached to an aromatic ring is 1. The number of rotatable bonds is 2. The second-order valence-electron chi connectivity index (χ2n) is 5.66. The summed E-state index contributed by atoms with van der Waals surface area (Å²) in [5.74, 6) is 0.225. The van der Waals surface area contributed by atoms with Gasteiger partial charge in [0.05, 0.1) is 0 Å². The van der Waals surface area contributed by atoms with Gasteiger partial charge in [-0.3, -0.25) is 4.79 Å². The van der Waals surface area contributed by atoms with Crippen LogP contribution in [0.2, 0.25) is 0 Å². The van der Waals surface area contributed by atoms with Crippen molar-refractivity contribution in [3.8, 4) is 0 Å². The molecule has 1 unspecified atom stereocenters. The predicted molar refractivity (Wildman–Crippen MR) is 78.3 cm³/mol. The standard InChI is InChI=1S/C14H19BrN2O/c1-14(2)7-3-4-10(14)13(18)17-9-5-6-12(16)11(15)8-9/h5-6,8,10H,3-4,7,16H2,1-2H3,(H,17,18). The van der Waals surface area contributed by atoms with E-state index in [1.807, 2.05) is 12.1 Å². The zero-order valence-electron chi connectivity index (χ0n) is 10.8. The molecule has 3 nitrogen and oxygen atoms in total. The third-order valence-electron chi connectivity index (χ3n) is 3.84. The van der Waals surface area contributed by atoms with E-state index in [9.17, 15) is 4.79 Å². The smallest absolute Gasteiger partial charge is 0.228 e. The Bertz CT molecular complexity index is 471. The molecular formula is C14H19BrN2O. The highest BCUT2D eigenvalue weighted by Crippen LogP contribution is 2.43. The molecule has 3 N–H and O–H groups in total. The van der Waals surface area contributed by atoms with Gasteiger partial charge >= 0.3 is 0 Å². The maximum absolute atomic E-state index is 12.3. The highest BCUT2D eigenvalue weighted by atomic mass is 79.9. The number of hydrogen-bond acceptors (Lipinski definition) is 2. The van der Waals surface area contributed by atoms with E-state index in [0.717, 1.165) is 29.4 Å². The van der Waals surface area contributed by atoms with Gasteiger partial charge in [-0.05, 0) is 52.4 Å². The van der Waals surface area contributed by atoms with Gasteiger partial charge in [-0.2, -0.15) is 0 Å². The molecule has 98 valence electrons. The van der Waals surface area contributed by atoms with E-state index in [0.29, 0.717) is 5.69 Å². The molecule has 1 atom stereocenters. The summed E-state index contributed by atoms with van der Waals surface area (Å²) in [6.07, 6.45) is 3.24. The van der Waals surface area contributed by atoms with Gasteiger partial charge in [0.25, 0.3) is 0 Å². The third-order valence-corrected chi connectivity index (χ3v) is 4.53. The highest BCUT2D eigenvalue weighted by molar-refractivity contribution is 9.10. The first-order chi connectivity index (χ1) is 8.40. The van der Waals surface area contributed by atoms with E-state index < -0.39 is 0 Å². The lowest BCUT2D eigenvalue weighted by molar-refractivity contribution is -0.122. The molecule has 0 spiro atoms. The fraction of sp³-hybridized carbons (Fsp3) is 0.500. The van der Waals surface area contributed by atoms with Crippen LogP contribution in [-0.2, 0) is 4.79 Å². The van der Waals surface area contributed by atoms with E-state index in [1.54, 1.807) is 6.07 Å². The van der Waals surface area contributed by atoms with Crippen molar-refractivity contribution in [2.45, 2.75) is 33.1 Å². The predicted octanol–water partition coefficient (Wildman–Crippen LogP) is 3.80. The maximum atomic E-state index is 12.3. The molecule has 1 fully saturated rings. The van der Waals surface area contributed by atoms with Crippen LogP contribution in [-0.4, -0.2) is 5.91 Å². The number of halogens is 1. The number of amides is 1. The second-order valence-corrected chi connectivity index (χ2v) is 6.51. The minimum absolute atomic E-state index is 0.105. The summed E-state index contributed by atoms with van der Waals surface area (Å²) in [7, 11) is 0. The molecule has 1 saturated carbocycles. The van der Waals surface area contributed by atoms with Gasteiger partial charge in [0, 0.05) is 21.8 Å². The lowest BCUT2D eigenvalue weighted by Gasteiger charge is -2.25. The van der Waals surface area contributed by atoms with Crippen molar-refractivity contribution >= 4 is 33.2 Å². The Balaban J connectivity index is 2.09. The molecular weight excluding hydrogens is 292 g/mol. The zero-order valence-corrected chi connectivity index (χ0v) is 12.4. The summed E-state index contributed by atoms with van der Waals surface area (Å²) in [5.41, 5.74) is 7.30. The van der Waals surface area contributed by atoms with E-state index >= 15 is 0 Å². The summed E-state index contributed by atoms with van der Waals surface area (Å²) in [6.45, 7) is 4.34. The van der Waals surface area contributed by atoms with Crippen molar-refractivity contribution in [2.75, 3.05) is 11.1 Å². The quantitative estimate of drug-likeness (QED) is 0.816. The number of nitrogens with one attached hydrogen (secondary N) is 1. The zero-order chi connectivity index (χ0) is 13.3. The van der Waals surface area contributed by atoms with E-state index in [-0.39, 0.29) is 17.2 Å². The van der Waals surface area contributed by atoms with Gasteiger partial charge in [0.15, 0.2) is 0 Å². The first-order valence-corrected chi connectivity index (χ1v) is 7.05. The molecule has 1 aliphatic carbocycles. The Labute approximate surface area is 116 Å². The Morgan fingerprint density at radius 3 is 2.78 bits per heavy atom. The van der Waals surface area contributed by atoms with E-state index in [4.69, 9.17) is 5.73 Å². The molecule has 0 radical (unpaired) electrons. The number of hydrogen-bond donors (Lipinski definition) is 2. The lowest BCUT2D eigenvalue weighted by Crippen LogP contribution is -2.30. The minimum atomic E-state index is 0.105. The molecule has 18 heavy (non-hydrogen) atoms. The van der Waals surface area contributed by atoms with E-state index in [2.05, 4.69) is 35.1 Å². The first kappa shape index (κ1) is 13.4. The van der Waals surface area contributed by atoms with Crippen LogP contribution >= 0.6 is 15.9 Å². The molecule has 4 heteroatoms. The van der Waals surface area contributed by atoms with E-state index in [1.165, 1.54) is 0 Å². The first-order valence-electron chi connectivity index (χ1n) is 6.26. The monoisotopic (exact) mass is 310 g/mol. The molecule has 2 rings (SSSR count). The van der Waals surface area contributed by atoms with Crippen LogP contribution in [0.15, 0.2) is 22.7 Å². The van der Waals surface area contributed by atoms with Crippen molar-refractivity contribution < 1.29 is 4.79 Å². The second kappa shape index (κ2) is 4.92. The molecule has 0 aliphatic heterocycles. The van der Waals surface area contributed by atoms with Crippen molar-refractivity contribution in [2.24, 2.45) is 11.3 Å². The molecule has 0 saturated heterocycles. The van der Waals surface area contributed by atoms with Gasteiger partial charge < -0.3 is 11.1 Å². The van der Waals surface area contributed by atoms with Crippen LogP contribution in [0.5, 0.6) is 0 Å². The summed E-state index contributed by atoms with van der Waals surface area (Å²) in [5, 5.41) is 2.98. The Hall–Kier alpha value is -1.03. The SMILES string of the molecule is CC1(C)CCCC1C(=O)Nc1ccc(N)c(Br)c1. The van der Waals surface area contributed by atoms with Crippen LogP contribution in [0.1, 0.15) is 33.1 Å². The summed E-state index contributed by atoms with van der Waals surface area (Å²) >= 11 is 3.37. The lowest BCUT2D eigenvalue weighted by atomic mass is 9.81. The number of benzene rings is 1. The highest BCUT2D eigenvalue weighted by Gasteiger charge is 2.39. The normalized spacial score (nSPS) is 21.8. The van der Waals surface area contributed by atoms with Crippen LogP contribution in [0.3, 0.4) is 0 Å². The van der Waals surface area contributed by atoms with Crippen LogP contribution in [0.25, 0.3) is 0 Å². The number of nitrogens with two attached hydrogens (primary N) is 1. The fourth-order valence-corrected chi connectivity index (χ4v) is 3.03. The largest absolute Gasteiger partial charge is 0.398 e. The maximum Gasteiger partial charge on any atom is 0.228 e. The number of carbonyl (C=O) groups excluding carboxylic acids is 1. The van der Waals surface area contributed by atoms with Crippen LogP contribution < -0.4 is 11.1 Å².